The number of nitrogens with zero attached hydrogens (tertiary/aromatic N) is 2. The van der Waals surface area contributed by atoms with Crippen molar-refractivity contribution in [2.45, 2.75) is 31.3 Å². The Bertz CT molecular complexity index is 1210. The molecule has 0 saturated carbocycles. The topological polar surface area (TPSA) is 85.9 Å². The van der Waals surface area contributed by atoms with E-state index in [2.05, 4.69) is 33.1 Å². The lowest BCUT2D eigenvalue weighted by atomic mass is 9.83. The summed E-state index contributed by atoms with van der Waals surface area (Å²) < 4.78 is 22.8. The highest BCUT2D eigenvalue weighted by molar-refractivity contribution is 5.90. The zero-order chi connectivity index (χ0) is 22.3. The molecule has 1 saturated heterocycles. The van der Waals surface area contributed by atoms with Crippen molar-refractivity contribution in [3.8, 4) is 23.0 Å². The van der Waals surface area contributed by atoms with Gasteiger partial charge in [0, 0.05) is 32.0 Å². The van der Waals surface area contributed by atoms with Crippen molar-refractivity contribution in [2.75, 3.05) is 39.3 Å². The largest absolute Gasteiger partial charge is 0.493 e. The third-order valence-corrected chi connectivity index (χ3v) is 6.62. The molecule has 0 bridgehead atoms. The highest BCUT2D eigenvalue weighted by atomic mass is 16.5. The molecule has 168 valence electrons. The summed E-state index contributed by atoms with van der Waals surface area (Å²) in [7, 11) is 4.56. The quantitative estimate of drug-likeness (QED) is 0.670. The summed E-state index contributed by atoms with van der Waals surface area (Å²) in [6, 6.07) is 10.0. The van der Waals surface area contributed by atoms with E-state index < -0.39 is 0 Å². The van der Waals surface area contributed by atoms with E-state index in [0.29, 0.717) is 34.1 Å². The lowest BCUT2D eigenvalue weighted by Gasteiger charge is -2.44. The molecule has 3 heterocycles. The van der Waals surface area contributed by atoms with Gasteiger partial charge < -0.3 is 28.8 Å². The van der Waals surface area contributed by atoms with Gasteiger partial charge in [-0.3, -0.25) is 4.79 Å². The fourth-order valence-corrected chi connectivity index (χ4v) is 4.85. The van der Waals surface area contributed by atoms with Gasteiger partial charge in [-0.2, -0.15) is 4.98 Å². The number of methoxy groups -OCH3 is 3. The lowest BCUT2D eigenvalue weighted by molar-refractivity contribution is 0.0223. The first-order chi connectivity index (χ1) is 15.6. The van der Waals surface area contributed by atoms with Crippen LogP contribution in [0.5, 0.6) is 23.0 Å². The van der Waals surface area contributed by atoms with Gasteiger partial charge in [0.05, 0.1) is 26.8 Å². The average Bonchev–Trinajstić information content (AvgIpc) is 2.83. The minimum atomic E-state index is -0.366. The zero-order valence-corrected chi connectivity index (χ0v) is 18.6. The van der Waals surface area contributed by atoms with E-state index in [-0.39, 0.29) is 11.2 Å². The molecule has 2 aliphatic rings. The number of aromatic nitrogens is 2. The van der Waals surface area contributed by atoms with Gasteiger partial charge in [-0.15, -0.1) is 0 Å². The van der Waals surface area contributed by atoms with E-state index in [0.717, 1.165) is 44.5 Å². The maximum atomic E-state index is 13.0. The Balaban J connectivity index is 1.43. The van der Waals surface area contributed by atoms with Crippen LogP contribution in [0.15, 0.2) is 35.1 Å². The van der Waals surface area contributed by atoms with Gasteiger partial charge in [0.15, 0.2) is 11.5 Å². The Morgan fingerprint density at radius 1 is 1.03 bits per heavy atom. The van der Waals surface area contributed by atoms with Gasteiger partial charge in [0.2, 0.25) is 11.7 Å². The molecule has 1 spiro atoms. The highest BCUT2D eigenvalue weighted by Gasteiger charge is 2.40. The highest BCUT2D eigenvalue weighted by Crippen LogP contribution is 2.42. The molecule has 0 atom stereocenters. The molecule has 0 aliphatic carbocycles. The smallest absolute Gasteiger partial charge is 0.286 e. The van der Waals surface area contributed by atoms with Crippen LogP contribution >= 0.6 is 0 Å². The van der Waals surface area contributed by atoms with Gasteiger partial charge in [-0.1, -0.05) is 18.2 Å². The second-order valence-electron chi connectivity index (χ2n) is 8.31. The molecule has 3 aromatic rings. The second kappa shape index (κ2) is 7.93. The van der Waals surface area contributed by atoms with Gasteiger partial charge in [-0.05, 0) is 24.5 Å². The van der Waals surface area contributed by atoms with Crippen molar-refractivity contribution in [2.24, 2.45) is 0 Å². The summed E-state index contributed by atoms with van der Waals surface area (Å²) in [6.45, 7) is 1.50. The summed E-state index contributed by atoms with van der Waals surface area (Å²) in [5.41, 5.74) is 1.36. The van der Waals surface area contributed by atoms with Crippen LogP contribution < -0.4 is 29.4 Å². The van der Waals surface area contributed by atoms with Crippen molar-refractivity contribution in [1.29, 1.82) is 0 Å². The maximum Gasteiger partial charge on any atom is 0.286 e. The van der Waals surface area contributed by atoms with E-state index in [4.69, 9.17) is 18.9 Å². The molecule has 2 aliphatic heterocycles. The fourth-order valence-electron chi connectivity index (χ4n) is 4.85. The van der Waals surface area contributed by atoms with Crippen molar-refractivity contribution in [1.82, 2.24) is 9.97 Å². The minimum Gasteiger partial charge on any atom is -0.493 e. The minimum absolute atomic E-state index is 0.151. The Hall–Kier alpha value is -3.42. The number of fused-ring (bicyclic) bond motifs is 2. The number of aryl methyl sites for hydroxylation is 1. The number of hydrogen-bond donors (Lipinski definition) is 1. The Morgan fingerprint density at radius 2 is 1.78 bits per heavy atom. The standard InChI is InChI=1S/C24H27N3O5/c1-29-18-14-16-19(21(31-3)20(18)30-2)22(28)26-23(25-16)27-12-10-24(11-13-27)9-8-15-6-4-5-7-17(15)32-24/h4-7,14H,8-13H2,1-3H3,(H,25,26,28). The van der Waals surface area contributed by atoms with Crippen LogP contribution in [0, 0.1) is 0 Å². The van der Waals surface area contributed by atoms with E-state index in [1.165, 1.54) is 19.8 Å². The number of nitrogens with one attached hydrogen (secondary N) is 1. The number of rotatable bonds is 4. The van der Waals surface area contributed by atoms with Crippen LogP contribution in [-0.2, 0) is 6.42 Å². The number of anilines is 1. The molecule has 8 nitrogen and oxygen atoms in total. The summed E-state index contributed by atoms with van der Waals surface area (Å²) in [5, 5.41) is 0.342. The first-order valence-corrected chi connectivity index (χ1v) is 10.8. The van der Waals surface area contributed by atoms with Crippen LogP contribution in [-0.4, -0.2) is 50.0 Å². The first kappa shape index (κ1) is 20.5. The second-order valence-corrected chi connectivity index (χ2v) is 8.31. The average molecular weight is 437 g/mol. The van der Waals surface area contributed by atoms with E-state index in [1.807, 2.05) is 6.07 Å². The number of ether oxygens (including phenoxy) is 4. The van der Waals surface area contributed by atoms with Crippen molar-refractivity contribution in [3.63, 3.8) is 0 Å². The maximum absolute atomic E-state index is 13.0. The van der Waals surface area contributed by atoms with Gasteiger partial charge in [0.25, 0.3) is 5.56 Å². The third kappa shape index (κ3) is 3.30. The predicted molar refractivity (Wildman–Crippen MR) is 122 cm³/mol. The SMILES string of the molecule is COc1cc2[nH]c(N3CCC4(CCc5ccccc5O4)CC3)nc(=O)c2c(OC)c1OC. The van der Waals surface area contributed by atoms with Gasteiger partial charge in [0.1, 0.15) is 16.7 Å². The van der Waals surface area contributed by atoms with Crippen molar-refractivity contribution >= 4 is 16.9 Å². The van der Waals surface area contributed by atoms with Crippen LogP contribution in [0.3, 0.4) is 0 Å². The zero-order valence-electron chi connectivity index (χ0n) is 18.6. The van der Waals surface area contributed by atoms with Crippen LogP contribution in [0.4, 0.5) is 5.95 Å². The predicted octanol–water partition coefficient (Wildman–Crippen LogP) is 3.31. The molecular formula is C24H27N3O5. The number of hydrogen-bond acceptors (Lipinski definition) is 7. The molecule has 32 heavy (non-hydrogen) atoms. The molecule has 0 amide bonds. The number of aromatic amines is 1. The number of H-pyrrole nitrogens is 1. The Morgan fingerprint density at radius 3 is 2.50 bits per heavy atom. The number of piperidine rings is 1. The summed E-state index contributed by atoms with van der Waals surface area (Å²) >= 11 is 0. The number of benzene rings is 2. The number of para-hydroxylation sites is 1. The molecule has 1 fully saturated rings. The first-order valence-electron chi connectivity index (χ1n) is 10.8. The summed E-state index contributed by atoms with van der Waals surface area (Å²) in [6.07, 6.45) is 3.78. The van der Waals surface area contributed by atoms with E-state index in [9.17, 15) is 4.79 Å². The Labute approximate surface area is 186 Å². The summed E-state index contributed by atoms with van der Waals surface area (Å²) in [5.74, 6) is 2.71. The molecule has 1 aromatic heterocycles. The molecule has 2 aromatic carbocycles. The van der Waals surface area contributed by atoms with E-state index in [1.54, 1.807) is 13.2 Å². The molecule has 0 unspecified atom stereocenters. The van der Waals surface area contributed by atoms with Gasteiger partial charge >= 0.3 is 0 Å². The van der Waals surface area contributed by atoms with E-state index >= 15 is 0 Å². The Kier molecular flexibility index (Phi) is 5.07. The fraction of sp³-hybridized carbons (Fsp3) is 0.417. The molecule has 1 N–H and O–H groups in total. The van der Waals surface area contributed by atoms with Crippen LogP contribution in [0.25, 0.3) is 10.9 Å². The van der Waals surface area contributed by atoms with Gasteiger partial charge in [-0.25, -0.2) is 0 Å². The van der Waals surface area contributed by atoms with Crippen molar-refractivity contribution < 1.29 is 18.9 Å². The summed E-state index contributed by atoms with van der Waals surface area (Å²) in [4.78, 5) is 22.7. The van der Waals surface area contributed by atoms with Crippen molar-refractivity contribution in [3.05, 3.63) is 46.2 Å². The third-order valence-electron chi connectivity index (χ3n) is 6.62. The normalized spacial score (nSPS) is 17.0. The molecule has 0 radical (unpaired) electrons. The van der Waals surface area contributed by atoms with Crippen LogP contribution in [0.1, 0.15) is 24.8 Å². The molecular weight excluding hydrogens is 410 g/mol. The monoisotopic (exact) mass is 437 g/mol. The van der Waals surface area contributed by atoms with Crippen LogP contribution in [0.2, 0.25) is 0 Å². The lowest BCUT2D eigenvalue weighted by Crippen LogP contribution is -2.50. The molecule has 5 rings (SSSR count). The molecule has 8 heteroatoms.